The van der Waals surface area contributed by atoms with Crippen molar-refractivity contribution >= 4 is 35.0 Å². The first-order valence-electron chi connectivity index (χ1n) is 6.76. The summed E-state index contributed by atoms with van der Waals surface area (Å²) in [6.45, 7) is 0. The minimum atomic E-state index is -0.361. The second-order valence-corrected chi connectivity index (χ2v) is 4.97. The number of rotatable bonds is 4. The minimum Gasteiger partial charge on any atom is -0.497 e. The lowest BCUT2D eigenvalue weighted by molar-refractivity contribution is -0.115. The Labute approximate surface area is 139 Å². The fraction of sp³-hybridized carbons (Fsp3) is 0.0588. The van der Waals surface area contributed by atoms with Crippen molar-refractivity contribution in [2.24, 2.45) is 0 Å². The van der Waals surface area contributed by atoms with Crippen molar-refractivity contribution in [3.8, 4) is 5.75 Å². The molecule has 0 atom stereocenters. The van der Waals surface area contributed by atoms with Crippen LogP contribution in [0.2, 0.25) is 0 Å². The highest BCUT2D eigenvalue weighted by Gasteiger charge is 2.02. The van der Waals surface area contributed by atoms with Gasteiger partial charge in [0, 0.05) is 11.8 Å². The molecule has 0 spiro atoms. The van der Waals surface area contributed by atoms with Gasteiger partial charge in [0.15, 0.2) is 5.11 Å². The van der Waals surface area contributed by atoms with Crippen molar-refractivity contribution in [1.82, 2.24) is 5.32 Å². The van der Waals surface area contributed by atoms with Crippen LogP contribution in [0.15, 0.2) is 54.6 Å². The normalized spacial score (nSPS) is 10.3. The van der Waals surface area contributed by atoms with Crippen LogP contribution in [-0.4, -0.2) is 18.1 Å². The Hall–Kier alpha value is -2.73. The summed E-state index contributed by atoms with van der Waals surface area (Å²) < 4.78 is 17.9. The van der Waals surface area contributed by atoms with E-state index in [2.05, 4.69) is 10.6 Å². The number of thiocarbonyl (C=S) groups is 1. The Morgan fingerprint density at radius 1 is 1.13 bits per heavy atom. The third-order valence-corrected chi connectivity index (χ3v) is 3.09. The van der Waals surface area contributed by atoms with Gasteiger partial charge in [-0.2, -0.15) is 0 Å². The molecular formula is C17H15FN2O2S. The van der Waals surface area contributed by atoms with Crippen molar-refractivity contribution in [1.29, 1.82) is 0 Å². The average molecular weight is 330 g/mol. The van der Waals surface area contributed by atoms with E-state index < -0.39 is 0 Å². The molecule has 0 fully saturated rings. The molecule has 118 valence electrons. The lowest BCUT2D eigenvalue weighted by Crippen LogP contribution is -2.32. The number of halogens is 1. The number of nitrogens with one attached hydrogen (secondary N) is 2. The number of anilines is 1. The van der Waals surface area contributed by atoms with Crippen LogP contribution in [0.5, 0.6) is 5.75 Å². The molecule has 2 aromatic rings. The summed E-state index contributed by atoms with van der Waals surface area (Å²) in [5.41, 5.74) is 1.45. The highest BCUT2D eigenvalue weighted by Crippen LogP contribution is 2.12. The molecule has 0 saturated carbocycles. The first-order valence-corrected chi connectivity index (χ1v) is 7.17. The van der Waals surface area contributed by atoms with Gasteiger partial charge in [-0.3, -0.25) is 10.1 Å². The Morgan fingerprint density at radius 3 is 2.39 bits per heavy atom. The summed E-state index contributed by atoms with van der Waals surface area (Å²) in [6.07, 6.45) is 3.04. The predicted molar refractivity (Wildman–Crippen MR) is 92.8 cm³/mol. The molecule has 0 aliphatic rings. The topological polar surface area (TPSA) is 50.4 Å². The van der Waals surface area contributed by atoms with Crippen LogP contribution < -0.4 is 15.4 Å². The van der Waals surface area contributed by atoms with Gasteiger partial charge in [-0.1, -0.05) is 12.1 Å². The molecule has 0 aromatic heterocycles. The molecule has 0 heterocycles. The number of hydrogen-bond acceptors (Lipinski definition) is 3. The molecule has 2 N–H and O–H groups in total. The number of benzene rings is 2. The number of amides is 1. The monoisotopic (exact) mass is 330 g/mol. The Balaban J connectivity index is 1.86. The first-order chi connectivity index (χ1) is 11.1. The summed E-state index contributed by atoms with van der Waals surface area (Å²) in [4.78, 5) is 11.8. The van der Waals surface area contributed by atoms with Crippen molar-refractivity contribution in [3.63, 3.8) is 0 Å². The largest absolute Gasteiger partial charge is 0.497 e. The van der Waals surface area contributed by atoms with Crippen molar-refractivity contribution < 1.29 is 13.9 Å². The van der Waals surface area contributed by atoms with Crippen LogP contribution in [0, 0.1) is 5.82 Å². The van der Waals surface area contributed by atoms with Gasteiger partial charge in [0.2, 0.25) is 5.91 Å². The summed E-state index contributed by atoms with van der Waals surface area (Å²) in [6, 6.07) is 12.9. The highest BCUT2D eigenvalue weighted by molar-refractivity contribution is 7.80. The smallest absolute Gasteiger partial charge is 0.250 e. The molecule has 0 bridgehead atoms. The summed E-state index contributed by atoms with van der Waals surface area (Å²) in [5.74, 6) is 0.0460. The maximum absolute atomic E-state index is 12.8. The fourth-order valence-corrected chi connectivity index (χ4v) is 1.95. The van der Waals surface area contributed by atoms with Gasteiger partial charge in [-0.05, 0) is 60.3 Å². The zero-order valence-corrected chi connectivity index (χ0v) is 13.2. The average Bonchev–Trinajstić information content (AvgIpc) is 2.55. The van der Waals surface area contributed by atoms with E-state index in [0.717, 1.165) is 11.3 Å². The number of carbonyl (C=O) groups is 1. The Bertz CT molecular complexity index is 712. The summed E-state index contributed by atoms with van der Waals surface area (Å²) >= 11 is 5.02. The van der Waals surface area contributed by atoms with Crippen molar-refractivity contribution in [2.75, 3.05) is 12.4 Å². The molecule has 23 heavy (non-hydrogen) atoms. The lowest BCUT2D eigenvalue weighted by Gasteiger charge is -2.07. The van der Waals surface area contributed by atoms with Gasteiger partial charge in [-0.25, -0.2) is 4.39 Å². The Morgan fingerprint density at radius 2 is 1.78 bits per heavy atom. The number of ether oxygens (including phenoxy) is 1. The maximum Gasteiger partial charge on any atom is 0.250 e. The van der Waals surface area contributed by atoms with Crippen LogP contribution in [0.1, 0.15) is 5.56 Å². The van der Waals surface area contributed by atoms with Gasteiger partial charge in [-0.15, -0.1) is 0 Å². The predicted octanol–water partition coefficient (Wildman–Crippen LogP) is 3.36. The maximum atomic E-state index is 12.8. The molecule has 2 rings (SSSR count). The summed E-state index contributed by atoms with van der Waals surface area (Å²) in [5, 5.41) is 5.45. The molecule has 0 aliphatic carbocycles. The van der Waals surface area contributed by atoms with Gasteiger partial charge in [0.25, 0.3) is 0 Å². The third kappa shape index (κ3) is 5.52. The number of hydrogen-bond donors (Lipinski definition) is 2. The van der Waals surface area contributed by atoms with E-state index in [1.54, 1.807) is 25.3 Å². The molecule has 0 unspecified atom stereocenters. The standard InChI is InChI=1S/C17H15FN2O2S/c1-22-15-9-2-12(3-10-15)4-11-16(21)20-17(23)19-14-7-5-13(18)6-8-14/h2-11H,1H3,(H2,19,20,21,23)/b11-4+. The highest BCUT2D eigenvalue weighted by atomic mass is 32.1. The lowest BCUT2D eigenvalue weighted by atomic mass is 10.2. The number of methoxy groups -OCH3 is 1. The van der Waals surface area contributed by atoms with Crippen LogP contribution in [0.3, 0.4) is 0 Å². The molecule has 0 aliphatic heterocycles. The third-order valence-electron chi connectivity index (χ3n) is 2.88. The van der Waals surface area contributed by atoms with Gasteiger partial charge < -0.3 is 10.1 Å². The zero-order valence-electron chi connectivity index (χ0n) is 12.4. The molecule has 0 saturated heterocycles. The second kappa shape index (κ2) is 8.05. The molecule has 2 aromatic carbocycles. The van der Waals surface area contributed by atoms with E-state index in [9.17, 15) is 9.18 Å². The summed E-state index contributed by atoms with van der Waals surface area (Å²) in [7, 11) is 1.59. The van der Waals surface area contributed by atoms with E-state index >= 15 is 0 Å². The van der Waals surface area contributed by atoms with Crippen LogP contribution in [0.25, 0.3) is 6.08 Å². The quantitative estimate of drug-likeness (QED) is 0.667. The number of carbonyl (C=O) groups excluding carboxylic acids is 1. The van der Waals surface area contributed by atoms with Crippen molar-refractivity contribution in [2.45, 2.75) is 0 Å². The molecule has 0 radical (unpaired) electrons. The van der Waals surface area contributed by atoms with E-state index in [1.807, 2.05) is 12.1 Å². The van der Waals surface area contributed by atoms with E-state index in [4.69, 9.17) is 17.0 Å². The van der Waals surface area contributed by atoms with Crippen LogP contribution >= 0.6 is 12.2 Å². The molecular weight excluding hydrogens is 315 g/mol. The SMILES string of the molecule is COc1ccc(/C=C/C(=O)NC(=S)Nc2ccc(F)cc2)cc1. The fourth-order valence-electron chi connectivity index (χ4n) is 1.74. The van der Waals surface area contributed by atoms with Crippen LogP contribution in [-0.2, 0) is 4.79 Å². The van der Waals surface area contributed by atoms with Crippen molar-refractivity contribution in [3.05, 3.63) is 66.0 Å². The van der Waals surface area contributed by atoms with Gasteiger partial charge >= 0.3 is 0 Å². The molecule has 6 heteroatoms. The van der Waals surface area contributed by atoms with E-state index in [1.165, 1.54) is 30.3 Å². The zero-order chi connectivity index (χ0) is 16.7. The molecule has 4 nitrogen and oxygen atoms in total. The van der Waals surface area contributed by atoms with Crippen LogP contribution in [0.4, 0.5) is 10.1 Å². The second-order valence-electron chi connectivity index (χ2n) is 4.56. The first kappa shape index (κ1) is 16.6. The van der Waals surface area contributed by atoms with Gasteiger partial charge in [0.1, 0.15) is 11.6 Å². The van der Waals surface area contributed by atoms with E-state index in [-0.39, 0.29) is 16.8 Å². The minimum absolute atomic E-state index is 0.140. The molecule has 1 amide bonds. The van der Waals surface area contributed by atoms with E-state index in [0.29, 0.717) is 5.69 Å². The Kier molecular flexibility index (Phi) is 5.82. The van der Waals surface area contributed by atoms with Gasteiger partial charge in [0.05, 0.1) is 7.11 Å².